The molecule has 5 rings (SSSR count). The predicted octanol–water partition coefficient (Wildman–Crippen LogP) is 6.33. The Morgan fingerprint density at radius 2 is 1.80 bits per heavy atom. The van der Waals surface area contributed by atoms with Crippen molar-refractivity contribution in [3.8, 4) is 0 Å². The lowest BCUT2D eigenvalue weighted by Gasteiger charge is -2.32. The summed E-state index contributed by atoms with van der Waals surface area (Å²) in [5.41, 5.74) is 4.72. The van der Waals surface area contributed by atoms with Gasteiger partial charge in [0, 0.05) is 36.3 Å². The maximum absolute atomic E-state index is 14.5. The number of carbonyl (C=O) groups excluding carboxylic acids is 1. The molecule has 1 aromatic heterocycles. The van der Waals surface area contributed by atoms with Gasteiger partial charge in [0.25, 0.3) is 5.91 Å². The van der Waals surface area contributed by atoms with Crippen molar-refractivity contribution >= 4 is 19.9 Å². The van der Waals surface area contributed by atoms with Gasteiger partial charge in [-0.2, -0.15) is 0 Å². The Kier molecular flexibility index (Phi) is 9.93. The number of hydrogen-bond acceptors (Lipinski definition) is 6. The average molecular weight is 629 g/mol. The van der Waals surface area contributed by atoms with Crippen molar-refractivity contribution in [1.82, 2.24) is 15.0 Å². The van der Waals surface area contributed by atoms with Gasteiger partial charge in [0.1, 0.15) is 0 Å². The lowest BCUT2D eigenvalue weighted by Crippen LogP contribution is -2.46. The number of ether oxygens (including phenoxy) is 1. The highest BCUT2D eigenvalue weighted by atomic mass is 28.4. The highest BCUT2D eigenvalue weighted by Gasteiger charge is 2.65. The summed E-state index contributed by atoms with van der Waals surface area (Å²) in [6.45, 7) is 13.3. The molecule has 2 aliphatic rings. The topological polar surface area (TPSA) is 101 Å². The van der Waals surface area contributed by atoms with E-state index in [0.717, 1.165) is 29.7 Å². The second-order valence-corrected chi connectivity index (χ2v) is 17.5. The minimum absolute atomic E-state index is 0.0491. The normalized spacial score (nSPS) is 23.9. The first-order chi connectivity index (χ1) is 21.5. The second kappa shape index (κ2) is 13.5. The van der Waals surface area contributed by atoms with Crippen LogP contribution in [0.5, 0.6) is 0 Å². The fourth-order valence-electron chi connectivity index (χ4n) is 7.32. The van der Waals surface area contributed by atoms with Crippen LogP contribution in [0.1, 0.15) is 69.7 Å². The number of aromatic nitrogens is 3. The first-order valence-corrected chi connectivity index (χ1v) is 19.2. The third-order valence-corrected chi connectivity index (χ3v) is 12.0. The molecule has 0 radical (unpaired) electrons. The lowest BCUT2D eigenvalue weighted by molar-refractivity contribution is -0.145. The van der Waals surface area contributed by atoms with Crippen LogP contribution in [0.25, 0.3) is 0 Å². The minimum Gasteiger partial charge on any atom is -0.432 e. The monoisotopic (exact) mass is 628 g/mol. The molecule has 0 saturated carbocycles. The van der Waals surface area contributed by atoms with E-state index in [4.69, 9.17) is 4.74 Å². The van der Waals surface area contributed by atoms with E-state index in [9.17, 15) is 14.7 Å². The first-order valence-electron chi connectivity index (χ1n) is 16.1. The molecule has 1 saturated heterocycles. The summed E-state index contributed by atoms with van der Waals surface area (Å²) in [7, 11) is -2.77. The number of anilines is 1. The van der Waals surface area contributed by atoms with E-state index in [1.54, 1.807) is 4.68 Å². The fourth-order valence-corrected chi connectivity index (χ4v) is 9.92. The predicted molar refractivity (Wildman–Crippen MR) is 180 cm³/mol. The zero-order chi connectivity index (χ0) is 32.4. The molecular weight excluding hydrogens is 581 g/mol. The molecule has 3 heterocycles. The molecule has 0 bridgehead atoms. The number of aliphatic hydroxyl groups is 1. The summed E-state index contributed by atoms with van der Waals surface area (Å²) in [5.74, 6) is -0.517. The third kappa shape index (κ3) is 6.63. The highest BCUT2D eigenvalue weighted by molar-refractivity contribution is 6.71. The molecule has 1 amide bonds. The molecule has 2 N–H and O–H groups in total. The molecule has 5 atom stereocenters. The Balaban J connectivity index is 1.38. The van der Waals surface area contributed by atoms with Crippen molar-refractivity contribution in [2.45, 2.75) is 89.8 Å². The van der Waals surface area contributed by atoms with Crippen LogP contribution in [-0.4, -0.2) is 58.4 Å². The number of aryl methyl sites for hydroxylation is 1. The van der Waals surface area contributed by atoms with Crippen molar-refractivity contribution in [2.24, 2.45) is 5.92 Å². The van der Waals surface area contributed by atoms with Crippen molar-refractivity contribution in [2.75, 3.05) is 18.1 Å². The van der Waals surface area contributed by atoms with Gasteiger partial charge in [-0.25, -0.2) is 0 Å². The Bertz CT molecular complexity index is 1540. The summed E-state index contributed by atoms with van der Waals surface area (Å²) < 4.78 is 8.73. The number of rotatable bonds is 12. The maximum atomic E-state index is 14.5. The number of nitrogens with zero attached hydrogens (tertiary/aromatic N) is 4. The van der Waals surface area contributed by atoms with Gasteiger partial charge in [-0.3, -0.25) is 9.48 Å². The Hall–Kier alpha value is -3.37. The standard InChI is InChI=1S/C36H48N4O4Si/c1-25(2)13-12-14-26(3)19-22-40-32-18-11-10-17-30(32)36(35(40)42)27(4)34(45(5,6)43)33(44-36)20-21-39-23-31(37-38-39)29(24-41)28-15-8-7-9-16-28/h7-11,13,15-19,23,27,29,33-34,41,43H,12,14,20-22,24H2,1-6H3/b26-19+/t27-,29?,33+,34-,36+/m0/s1. The molecule has 2 aliphatic heterocycles. The fraction of sp³-hybridized carbons (Fsp3) is 0.472. The van der Waals surface area contributed by atoms with Crippen molar-refractivity contribution in [1.29, 1.82) is 0 Å². The number of allylic oxidation sites excluding steroid dienone is 3. The maximum Gasteiger partial charge on any atom is 0.264 e. The summed E-state index contributed by atoms with van der Waals surface area (Å²) in [6, 6.07) is 17.8. The van der Waals surface area contributed by atoms with E-state index in [1.807, 2.05) is 78.8 Å². The number of fused-ring (bicyclic) bond motifs is 2. The molecule has 1 fully saturated rings. The Labute approximate surface area is 268 Å². The molecule has 2 aromatic carbocycles. The van der Waals surface area contributed by atoms with E-state index in [-0.39, 0.29) is 36.0 Å². The number of para-hydroxylation sites is 1. The molecule has 9 heteroatoms. The summed E-state index contributed by atoms with van der Waals surface area (Å²) in [5, 5.41) is 18.8. The quantitative estimate of drug-likeness (QED) is 0.180. The number of amides is 1. The van der Waals surface area contributed by atoms with Gasteiger partial charge in [-0.1, -0.05) is 84.0 Å². The first kappa shape index (κ1) is 33.0. The van der Waals surface area contributed by atoms with Crippen LogP contribution in [0.4, 0.5) is 5.69 Å². The van der Waals surface area contributed by atoms with Crippen molar-refractivity contribution in [3.63, 3.8) is 0 Å². The zero-order valence-electron chi connectivity index (χ0n) is 27.5. The molecule has 8 nitrogen and oxygen atoms in total. The van der Waals surface area contributed by atoms with E-state index >= 15 is 0 Å². The third-order valence-electron chi connectivity index (χ3n) is 9.55. The summed E-state index contributed by atoms with van der Waals surface area (Å²) in [6.07, 6.45) is 8.46. The number of hydrogen-bond donors (Lipinski definition) is 2. The zero-order valence-corrected chi connectivity index (χ0v) is 28.5. The van der Waals surface area contributed by atoms with Gasteiger partial charge >= 0.3 is 0 Å². The minimum atomic E-state index is -2.77. The molecule has 45 heavy (non-hydrogen) atoms. The lowest BCUT2D eigenvalue weighted by atomic mass is 9.82. The van der Waals surface area contributed by atoms with Gasteiger partial charge in [-0.05, 0) is 64.8 Å². The average Bonchev–Trinajstić information content (AvgIpc) is 3.65. The SMILES string of the molecule is CC(C)=CCC/C(C)=C/CN1C(=O)[C@]2(O[C@H](CCn3cc(C(CO)c4ccccc4)nn3)[C@@H]([Si](C)(C)O)[C@@H]2C)c2ccccc21. The van der Waals surface area contributed by atoms with Gasteiger partial charge in [-0.15, -0.1) is 5.10 Å². The van der Waals surface area contributed by atoms with Gasteiger partial charge in [0.05, 0.1) is 30.0 Å². The molecule has 1 unspecified atom stereocenters. The van der Waals surface area contributed by atoms with Crippen molar-refractivity contribution < 1.29 is 19.4 Å². The van der Waals surface area contributed by atoms with Crippen LogP contribution in [0.15, 0.2) is 84.1 Å². The van der Waals surface area contributed by atoms with Gasteiger partial charge < -0.3 is 19.5 Å². The molecule has 3 aromatic rings. The molecule has 240 valence electrons. The van der Waals surface area contributed by atoms with E-state index in [1.165, 1.54) is 11.1 Å². The van der Waals surface area contributed by atoms with Crippen LogP contribution in [0.2, 0.25) is 18.6 Å². The summed E-state index contributed by atoms with van der Waals surface area (Å²) >= 11 is 0. The van der Waals surface area contributed by atoms with Crippen LogP contribution in [-0.2, 0) is 21.7 Å². The van der Waals surface area contributed by atoms with E-state index < -0.39 is 13.9 Å². The van der Waals surface area contributed by atoms with Crippen LogP contribution < -0.4 is 4.90 Å². The molecular formula is C36H48N4O4Si. The summed E-state index contributed by atoms with van der Waals surface area (Å²) in [4.78, 5) is 27.9. The van der Waals surface area contributed by atoms with Crippen LogP contribution in [0, 0.1) is 5.92 Å². The van der Waals surface area contributed by atoms with E-state index in [0.29, 0.717) is 25.2 Å². The second-order valence-electron chi connectivity index (χ2n) is 13.5. The largest absolute Gasteiger partial charge is 0.432 e. The van der Waals surface area contributed by atoms with E-state index in [2.05, 4.69) is 50.2 Å². The number of aliphatic hydroxyl groups excluding tert-OH is 1. The Morgan fingerprint density at radius 1 is 1.09 bits per heavy atom. The van der Waals surface area contributed by atoms with Gasteiger partial charge in [0.15, 0.2) is 13.9 Å². The number of benzene rings is 2. The van der Waals surface area contributed by atoms with Gasteiger partial charge in [0.2, 0.25) is 0 Å². The van der Waals surface area contributed by atoms with Crippen LogP contribution in [0.3, 0.4) is 0 Å². The van der Waals surface area contributed by atoms with Crippen LogP contribution >= 0.6 is 0 Å². The molecule has 1 spiro atoms. The Morgan fingerprint density at radius 3 is 2.49 bits per heavy atom. The smallest absolute Gasteiger partial charge is 0.264 e. The van der Waals surface area contributed by atoms with Crippen molar-refractivity contribution in [3.05, 3.63) is 101 Å². The highest BCUT2D eigenvalue weighted by Crippen LogP contribution is 2.59. The molecule has 0 aliphatic carbocycles. The number of carbonyl (C=O) groups is 1.